The van der Waals surface area contributed by atoms with Gasteiger partial charge in [0.1, 0.15) is 5.75 Å². The largest absolute Gasteiger partial charge is 0.495 e. The van der Waals surface area contributed by atoms with Gasteiger partial charge in [0.2, 0.25) is 5.91 Å². The minimum Gasteiger partial charge on any atom is -0.495 e. The van der Waals surface area contributed by atoms with Crippen LogP contribution in [0.5, 0.6) is 5.75 Å². The number of nitrogens with one attached hydrogen (secondary N) is 2. The summed E-state index contributed by atoms with van der Waals surface area (Å²) in [6.45, 7) is 2.52. The monoisotopic (exact) mass is 568 g/mol. The lowest BCUT2D eigenvalue weighted by atomic mass is 10.2. The van der Waals surface area contributed by atoms with Gasteiger partial charge in [-0.15, -0.1) is 0 Å². The Labute approximate surface area is 237 Å². The van der Waals surface area contributed by atoms with Gasteiger partial charge < -0.3 is 19.9 Å². The van der Waals surface area contributed by atoms with Crippen LogP contribution < -0.4 is 20.3 Å². The van der Waals surface area contributed by atoms with Gasteiger partial charge in [-0.3, -0.25) is 14.9 Å². The molecule has 2 amide bonds. The highest BCUT2D eigenvalue weighted by molar-refractivity contribution is 7.80. The minimum atomic E-state index is -0.402. The van der Waals surface area contributed by atoms with Gasteiger partial charge in [-0.2, -0.15) is 0 Å². The van der Waals surface area contributed by atoms with Gasteiger partial charge in [0.25, 0.3) is 5.91 Å². The number of carbonyl (C=O) groups excluding carboxylic acids is 2. The Morgan fingerprint density at radius 3 is 2.34 bits per heavy atom. The number of amides is 2. The summed E-state index contributed by atoms with van der Waals surface area (Å²) in [7, 11) is 1.50. The number of anilines is 2. The first kappa shape index (κ1) is 27.4. The van der Waals surface area contributed by atoms with Crippen molar-refractivity contribution in [1.29, 1.82) is 0 Å². The number of thiocarbonyl (C=S) groups is 1. The smallest absolute Gasteiger partial charge is 0.257 e. The van der Waals surface area contributed by atoms with E-state index in [1.807, 2.05) is 53.4 Å². The Balaban J connectivity index is 1.29. The van der Waals surface area contributed by atoms with Crippen LogP contribution >= 0.6 is 35.4 Å². The van der Waals surface area contributed by atoms with Crippen molar-refractivity contribution >= 4 is 69.8 Å². The second kappa shape index (κ2) is 12.8. The van der Waals surface area contributed by atoms with E-state index in [0.717, 1.165) is 11.3 Å². The third kappa shape index (κ3) is 7.04. The molecule has 0 unspecified atom stereocenters. The zero-order valence-electron chi connectivity index (χ0n) is 20.6. The van der Waals surface area contributed by atoms with E-state index in [-0.39, 0.29) is 11.0 Å². The average Bonchev–Trinajstić information content (AvgIpc) is 2.92. The molecule has 196 valence electrons. The fourth-order valence-electron chi connectivity index (χ4n) is 3.99. The standard InChI is InChI=1S/C28H26Cl2N4O3S/c1-37-25-11-8-20(17-23(25)30)27(36)32-28(38)31-21-9-10-24(22(29)18-21)33-13-15-34(16-14-33)26(35)12-7-19-5-3-2-4-6-19/h2-12,17-18H,13-16H2,1H3,(H2,31,32,36,38)/b12-7+. The Morgan fingerprint density at radius 1 is 0.947 bits per heavy atom. The van der Waals surface area contributed by atoms with Crippen molar-refractivity contribution in [2.75, 3.05) is 43.5 Å². The normalized spacial score (nSPS) is 13.3. The van der Waals surface area contributed by atoms with Gasteiger partial charge in [0, 0.05) is 43.5 Å². The molecule has 1 fully saturated rings. The van der Waals surface area contributed by atoms with Crippen LogP contribution in [-0.4, -0.2) is 55.1 Å². The molecule has 1 aliphatic rings. The first-order valence-corrected chi connectivity index (χ1v) is 13.0. The fourth-order valence-corrected chi connectivity index (χ4v) is 4.76. The highest BCUT2D eigenvalue weighted by Crippen LogP contribution is 2.30. The molecular weight excluding hydrogens is 543 g/mol. The molecule has 1 aliphatic heterocycles. The number of piperazine rings is 1. The molecule has 1 saturated heterocycles. The van der Waals surface area contributed by atoms with Gasteiger partial charge in [-0.1, -0.05) is 53.5 Å². The number of hydrogen-bond donors (Lipinski definition) is 2. The Kier molecular flexibility index (Phi) is 9.23. The number of rotatable bonds is 6. The second-order valence-corrected chi connectivity index (χ2v) is 9.70. The number of carbonyl (C=O) groups is 2. The maximum atomic E-state index is 12.6. The molecule has 2 N–H and O–H groups in total. The molecule has 1 heterocycles. The Bertz CT molecular complexity index is 1360. The molecule has 4 rings (SSSR count). The van der Waals surface area contributed by atoms with Gasteiger partial charge in [0.15, 0.2) is 5.11 Å². The Morgan fingerprint density at radius 2 is 1.68 bits per heavy atom. The lowest BCUT2D eigenvalue weighted by Crippen LogP contribution is -2.48. The van der Waals surface area contributed by atoms with Gasteiger partial charge in [-0.25, -0.2) is 0 Å². The van der Waals surface area contributed by atoms with Crippen molar-refractivity contribution in [1.82, 2.24) is 10.2 Å². The van der Waals surface area contributed by atoms with Crippen molar-refractivity contribution in [3.63, 3.8) is 0 Å². The zero-order valence-corrected chi connectivity index (χ0v) is 22.9. The van der Waals surface area contributed by atoms with Crippen LogP contribution in [0.25, 0.3) is 6.08 Å². The predicted molar refractivity (Wildman–Crippen MR) is 157 cm³/mol. The lowest BCUT2D eigenvalue weighted by Gasteiger charge is -2.36. The lowest BCUT2D eigenvalue weighted by molar-refractivity contribution is -0.126. The van der Waals surface area contributed by atoms with E-state index in [0.29, 0.717) is 53.2 Å². The summed E-state index contributed by atoms with van der Waals surface area (Å²) in [5, 5.41) is 6.60. The van der Waals surface area contributed by atoms with E-state index in [1.165, 1.54) is 13.2 Å². The predicted octanol–water partition coefficient (Wildman–Crippen LogP) is 5.49. The molecule has 3 aromatic rings. The van der Waals surface area contributed by atoms with Gasteiger partial charge in [-0.05, 0) is 60.3 Å². The zero-order chi connectivity index (χ0) is 27.1. The minimum absolute atomic E-state index is 0.00776. The van der Waals surface area contributed by atoms with Crippen LogP contribution in [0.15, 0.2) is 72.8 Å². The molecule has 0 radical (unpaired) electrons. The number of methoxy groups -OCH3 is 1. The molecule has 10 heteroatoms. The third-order valence-electron chi connectivity index (χ3n) is 6.00. The van der Waals surface area contributed by atoms with Crippen LogP contribution in [0.3, 0.4) is 0 Å². The molecule has 0 aromatic heterocycles. The molecule has 0 saturated carbocycles. The van der Waals surface area contributed by atoms with Gasteiger partial charge in [0.05, 0.1) is 22.8 Å². The summed E-state index contributed by atoms with van der Waals surface area (Å²) in [5.74, 6) is 0.0685. The summed E-state index contributed by atoms with van der Waals surface area (Å²) >= 11 is 18.0. The molecular formula is C28H26Cl2N4O3S. The molecule has 3 aromatic carbocycles. The molecule has 38 heavy (non-hydrogen) atoms. The number of hydrogen-bond acceptors (Lipinski definition) is 5. The van der Waals surface area contributed by atoms with Crippen molar-refractivity contribution in [3.05, 3.63) is 94.0 Å². The van der Waals surface area contributed by atoms with Crippen LogP contribution in [0, 0.1) is 0 Å². The van der Waals surface area contributed by atoms with E-state index in [9.17, 15) is 9.59 Å². The molecule has 7 nitrogen and oxygen atoms in total. The van der Waals surface area contributed by atoms with E-state index >= 15 is 0 Å². The topological polar surface area (TPSA) is 73.9 Å². The maximum Gasteiger partial charge on any atom is 0.257 e. The fraction of sp³-hybridized carbons (Fsp3) is 0.179. The molecule has 0 bridgehead atoms. The first-order valence-electron chi connectivity index (χ1n) is 11.9. The third-order valence-corrected chi connectivity index (χ3v) is 6.80. The molecule has 0 aliphatic carbocycles. The van der Waals surface area contributed by atoms with Crippen LogP contribution in [0.2, 0.25) is 10.0 Å². The van der Waals surface area contributed by atoms with Crippen LogP contribution in [-0.2, 0) is 4.79 Å². The Hall–Kier alpha value is -3.59. The van der Waals surface area contributed by atoms with Gasteiger partial charge >= 0.3 is 0 Å². The SMILES string of the molecule is COc1ccc(C(=O)NC(=S)Nc2ccc(N3CCN(C(=O)/C=C/c4ccccc4)CC3)c(Cl)c2)cc1Cl. The number of benzene rings is 3. The highest BCUT2D eigenvalue weighted by atomic mass is 35.5. The van der Waals surface area contributed by atoms with Crippen molar-refractivity contribution in [2.24, 2.45) is 0 Å². The number of halogens is 2. The average molecular weight is 570 g/mol. The van der Waals surface area contributed by atoms with Crippen LogP contribution in [0.4, 0.5) is 11.4 Å². The maximum absolute atomic E-state index is 12.6. The first-order chi connectivity index (χ1) is 18.3. The summed E-state index contributed by atoms with van der Waals surface area (Å²) in [6.07, 6.45) is 3.44. The molecule has 0 atom stereocenters. The summed E-state index contributed by atoms with van der Waals surface area (Å²) in [6, 6.07) is 19.9. The quantitative estimate of drug-likeness (QED) is 0.302. The number of nitrogens with zero attached hydrogens (tertiary/aromatic N) is 2. The van der Waals surface area contributed by atoms with E-state index in [2.05, 4.69) is 15.5 Å². The summed E-state index contributed by atoms with van der Waals surface area (Å²) in [5.41, 5.74) is 2.84. The summed E-state index contributed by atoms with van der Waals surface area (Å²) < 4.78 is 5.11. The van der Waals surface area contributed by atoms with E-state index < -0.39 is 5.91 Å². The van der Waals surface area contributed by atoms with E-state index in [1.54, 1.807) is 24.3 Å². The van der Waals surface area contributed by atoms with Crippen molar-refractivity contribution in [3.8, 4) is 5.75 Å². The second-order valence-electron chi connectivity index (χ2n) is 8.48. The van der Waals surface area contributed by atoms with E-state index in [4.69, 9.17) is 40.2 Å². The highest BCUT2D eigenvalue weighted by Gasteiger charge is 2.21. The molecule has 0 spiro atoms. The van der Waals surface area contributed by atoms with Crippen molar-refractivity contribution < 1.29 is 14.3 Å². The summed E-state index contributed by atoms with van der Waals surface area (Å²) in [4.78, 5) is 29.1. The van der Waals surface area contributed by atoms with Crippen LogP contribution in [0.1, 0.15) is 15.9 Å². The number of ether oxygens (including phenoxy) is 1. The van der Waals surface area contributed by atoms with Crippen molar-refractivity contribution in [2.45, 2.75) is 0 Å².